The van der Waals surface area contributed by atoms with Crippen molar-refractivity contribution in [3.05, 3.63) is 164 Å². The van der Waals surface area contributed by atoms with Gasteiger partial charge >= 0.3 is 0 Å². The number of benzene rings is 9. The third-order valence-corrected chi connectivity index (χ3v) is 11.6. The second-order valence-corrected chi connectivity index (χ2v) is 15.4. The predicted octanol–water partition coefficient (Wildman–Crippen LogP) is 12.7. The van der Waals surface area contributed by atoms with Gasteiger partial charge in [0.2, 0.25) is 0 Å². The van der Waals surface area contributed by atoms with Crippen molar-refractivity contribution in [3.8, 4) is 136 Å². The Hall–Kier alpha value is -9.62. The van der Waals surface area contributed by atoms with Gasteiger partial charge in [-0.3, -0.25) is 4.90 Å². The lowest BCUT2D eigenvalue weighted by atomic mass is 9.91. The zero-order valence-corrected chi connectivity index (χ0v) is 36.9. The molecule has 0 saturated carbocycles. The fraction of sp³-hybridized carbons (Fsp3) is 0.0357. The summed E-state index contributed by atoms with van der Waals surface area (Å²) < 4.78 is 0. The summed E-state index contributed by atoms with van der Waals surface area (Å²) in [5, 5.41) is 144. The average molecular weight is 924 g/mol. The van der Waals surface area contributed by atoms with Crippen LogP contribution in [0.3, 0.4) is 0 Å². The quantitative estimate of drug-likeness (QED) is 0.0476. The fourth-order valence-corrected chi connectivity index (χ4v) is 8.50. The highest BCUT2D eigenvalue weighted by Crippen LogP contribution is 2.68. The molecule has 13 nitrogen and oxygen atoms in total. The molecule has 0 heterocycles. The summed E-state index contributed by atoms with van der Waals surface area (Å²) in [5.74, 6) is -14.7. The van der Waals surface area contributed by atoms with E-state index in [0.29, 0.717) is 33.4 Å². The predicted molar refractivity (Wildman–Crippen MR) is 265 cm³/mol. The Morgan fingerprint density at radius 1 is 0.217 bits per heavy atom. The standard InChI is InChI=1S/C54H39NO12.C2H6/c56-43-37(34-25-13-10-22-31(34)28-16-4-1-5-17-28)44(57)50(63)40(49(43)62)55(41-51(64)45(58)38(46(59)52(41)65)35-26-14-11-23-32(35)29-18-6-2-7-19-29)42-53(66)47(60)39(48(61)54(42)67)36-27-15-12-24-33(36)30-20-8-3-9-21-30;1-2/h1-27,56-67H;1-2H3. The van der Waals surface area contributed by atoms with Crippen LogP contribution in [0.4, 0.5) is 17.1 Å². The molecule has 12 N–H and O–H groups in total. The van der Waals surface area contributed by atoms with E-state index in [1.54, 1.807) is 146 Å². The third-order valence-electron chi connectivity index (χ3n) is 11.6. The lowest BCUT2D eigenvalue weighted by molar-refractivity contribution is 0.367. The van der Waals surface area contributed by atoms with Gasteiger partial charge in [-0.05, 0) is 50.1 Å². The maximum absolute atomic E-state index is 12.1. The van der Waals surface area contributed by atoms with E-state index in [1.807, 2.05) is 13.8 Å². The molecule has 0 radical (unpaired) electrons. The topological polar surface area (TPSA) is 246 Å². The monoisotopic (exact) mass is 923 g/mol. The van der Waals surface area contributed by atoms with Gasteiger partial charge in [0, 0.05) is 0 Å². The molecule has 0 saturated heterocycles. The smallest absolute Gasteiger partial charge is 0.186 e. The molecule has 0 aliphatic heterocycles. The van der Waals surface area contributed by atoms with Gasteiger partial charge in [0.15, 0.2) is 69.0 Å². The lowest BCUT2D eigenvalue weighted by Gasteiger charge is -2.31. The average Bonchev–Trinajstić information content (AvgIpc) is 3.39. The fourth-order valence-electron chi connectivity index (χ4n) is 8.50. The van der Waals surface area contributed by atoms with Crippen molar-refractivity contribution in [2.45, 2.75) is 13.8 Å². The molecule has 0 fully saturated rings. The maximum atomic E-state index is 12.1. The van der Waals surface area contributed by atoms with E-state index < -0.39 is 103 Å². The van der Waals surface area contributed by atoms with E-state index in [4.69, 9.17) is 0 Å². The van der Waals surface area contributed by atoms with Crippen LogP contribution in [0.2, 0.25) is 0 Å². The molecule has 9 rings (SSSR count). The SMILES string of the molecule is CC.Oc1c(O)c(N(c2c(O)c(O)c(-c3ccccc3-c3ccccc3)c(O)c2O)c2c(O)c(O)c(-c3ccccc3-c3ccccc3)c(O)c2O)c(O)c(O)c1-c1ccccc1-c1ccccc1. The van der Waals surface area contributed by atoms with E-state index in [0.717, 1.165) is 0 Å². The molecule has 13 heteroatoms. The van der Waals surface area contributed by atoms with Crippen molar-refractivity contribution >= 4 is 17.1 Å². The second kappa shape index (κ2) is 18.7. The molecule has 9 aromatic rings. The van der Waals surface area contributed by atoms with Crippen LogP contribution >= 0.6 is 0 Å². The second-order valence-electron chi connectivity index (χ2n) is 15.4. The summed E-state index contributed by atoms with van der Waals surface area (Å²) in [5.41, 5.74) is -1.82. The van der Waals surface area contributed by atoms with Crippen molar-refractivity contribution < 1.29 is 61.3 Å². The van der Waals surface area contributed by atoms with Gasteiger partial charge in [0.1, 0.15) is 17.1 Å². The van der Waals surface area contributed by atoms with Crippen molar-refractivity contribution in [1.82, 2.24) is 0 Å². The van der Waals surface area contributed by atoms with Crippen LogP contribution in [-0.4, -0.2) is 61.3 Å². The minimum absolute atomic E-state index is 0.0947. The summed E-state index contributed by atoms with van der Waals surface area (Å²) in [6.45, 7) is 4.00. The summed E-state index contributed by atoms with van der Waals surface area (Å²) >= 11 is 0. The largest absolute Gasteiger partial charge is 0.504 e. The number of phenolic OH excluding ortho intramolecular Hbond substituents is 12. The maximum Gasteiger partial charge on any atom is 0.186 e. The normalized spacial score (nSPS) is 10.9. The molecule has 0 amide bonds. The van der Waals surface area contributed by atoms with Crippen LogP contribution in [0.5, 0.6) is 69.0 Å². The number of phenols is 12. The number of hydrogen-bond acceptors (Lipinski definition) is 13. The molecule has 69 heavy (non-hydrogen) atoms. The minimum Gasteiger partial charge on any atom is -0.504 e. The number of hydrogen-bond donors (Lipinski definition) is 12. The third kappa shape index (κ3) is 7.69. The summed E-state index contributed by atoms with van der Waals surface area (Å²) in [4.78, 5) is 0.241. The summed E-state index contributed by atoms with van der Waals surface area (Å²) in [7, 11) is 0. The molecule has 0 aliphatic carbocycles. The Bertz CT molecular complexity index is 2930. The first kappa shape index (κ1) is 45.9. The van der Waals surface area contributed by atoms with Gasteiger partial charge < -0.3 is 61.3 Å². The first-order valence-electron chi connectivity index (χ1n) is 21.6. The zero-order valence-electron chi connectivity index (χ0n) is 36.9. The Morgan fingerprint density at radius 2 is 0.391 bits per heavy atom. The molecule has 0 unspecified atom stereocenters. The van der Waals surface area contributed by atoms with Crippen molar-refractivity contribution in [2.75, 3.05) is 4.90 Å². The molecule has 0 aliphatic rings. The molecule has 0 spiro atoms. The van der Waals surface area contributed by atoms with Crippen molar-refractivity contribution in [1.29, 1.82) is 0 Å². The molecule has 0 aromatic heterocycles. The van der Waals surface area contributed by atoms with Crippen LogP contribution in [0.1, 0.15) is 13.8 Å². The summed E-state index contributed by atoms with van der Waals surface area (Å²) in [6, 6.07) is 45.3. The van der Waals surface area contributed by atoms with Gasteiger partial charge in [-0.15, -0.1) is 0 Å². The Balaban J connectivity index is 0.00000317. The van der Waals surface area contributed by atoms with E-state index in [1.165, 1.54) is 18.2 Å². The highest BCUT2D eigenvalue weighted by molar-refractivity contribution is 6.06. The van der Waals surface area contributed by atoms with E-state index in [9.17, 15) is 61.3 Å². The molecular formula is C56H45NO12. The molecular weight excluding hydrogens is 879 g/mol. The van der Waals surface area contributed by atoms with Gasteiger partial charge in [-0.25, -0.2) is 0 Å². The molecule has 346 valence electrons. The molecule has 0 bridgehead atoms. The van der Waals surface area contributed by atoms with E-state index in [2.05, 4.69) is 0 Å². The van der Waals surface area contributed by atoms with Gasteiger partial charge in [0.05, 0.1) is 16.7 Å². The van der Waals surface area contributed by atoms with E-state index >= 15 is 0 Å². The minimum atomic E-state index is -1.33. The number of rotatable bonds is 9. The number of nitrogens with zero attached hydrogens (tertiary/aromatic N) is 1. The van der Waals surface area contributed by atoms with Crippen LogP contribution in [-0.2, 0) is 0 Å². The van der Waals surface area contributed by atoms with Crippen LogP contribution in [0.15, 0.2) is 164 Å². The Morgan fingerprint density at radius 3 is 0.594 bits per heavy atom. The Kier molecular flexibility index (Phi) is 12.4. The lowest BCUT2D eigenvalue weighted by Crippen LogP contribution is -2.13. The van der Waals surface area contributed by atoms with Gasteiger partial charge in [0.25, 0.3) is 0 Å². The first-order valence-corrected chi connectivity index (χ1v) is 21.6. The number of anilines is 3. The molecule has 0 atom stereocenters. The molecule has 9 aromatic carbocycles. The van der Waals surface area contributed by atoms with Crippen molar-refractivity contribution in [3.63, 3.8) is 0 Å². The van der Waals surface area contributed by atoms with Crippen molar-refractivity contribution in [2.24, 2.45) is 0 Å². The highest BCUT2D eigenvalue weighted by Gasteiger charge is 2.40. The number of aromatic hydroxyl groups is 12. The Labute approximate surface area is 395 Å². The van der Waals surface area contributed by atoms with E-state index in [-0.39, 0.29) is 21.6 Å². The van der Waals surface area contributed by atoms with Gasteiger partial charge in [-0.1, -0.05) is 178 Å². The zero-order chi connectivity index (χ0) is 49.3. The van der Waals surface area contributed by atoms with Crippen LogP contribution < -0.4 is 4.90 Å². The highest BCUT2D eigenvalue weighted by atomic mass is 16.3. The van der Waals surface area contributed by atoms with Crippen LogP contribution in [0, 0.1) is 0 Å². The summed E-state index contributed by atoms with van der Waals surface area (Å²) in [6.07, 6.45) is 0. The van der Waals surface area contributed by atoms with Crippen LogP contribution in [0.25, 0.3) is 66.8 Å². The first-order chi connectivity index (χ1) is 33.3. The van der Waals surface area contributed by atoms with Gasteiger partial charge in [-0.2, -0.15) is 0 Å².